The van der Waals surface area contributed by atoms with Crippen molar-refractivity contribution in [2.24, 2.45) is 0 Å². The molecule has 3 nitrogen and oxygen atoms in total. The van der Waals surface area contributed by atoms with Gasteiger partial charge in [0.05, 0.1) is 5.69 Å². The maximum Gasteiger partial charge on any atom is 0.224 e. The Morgan fingerprint density at radius 2 is 2.31 bits per heavy atom. The molecule has 0 aliphatic carbocycles. The standard InChI is InChI=1S/C12H12ClNO2/c1-2-12(16)14-11-8-10(13)6-5-9(11)4-3-7-15/h5-6,8,15H,2,7H2,1H3,(H,14,16). The molecule has 16 heavy (non-hydrogen) atoms. The van der Waals surface area contributed by atoms with Gasteiger partial charge in [0.1, 0.15) is 6.61 Å². The highest BCUT2D eigenvalue weighted by molar-refractivity contribution is 6.31. The fourth-order valence-corrected chi connectivity index (χ4v) is 1.27. The van der Waals surface area contributed by atoms with E-state index in [0.29, 0.717) is 22.7 Å². The molecule has 0 saturated heterocycles. The zero-order chi connectivity index (χ0) is 12.0. The van der Waals surface area contributed by atoms with Crippen LogP contribution in [-0.2, 0) is 4.79 Å². The minimum absolute atomic E-state index is 0.102. The molecule has 1 aromatic carbocycles. The molecule has 0 bridgehead atoms. The molecule has 2 N–H and O–H groups in total. The number of halogens is 1. The van der Waals surface area contributed by atoms with Crippen LogP contribution in [-0.4, -0.2) is 17.6 Å². The highest BCUT2D eigenvalue weighted by Crippen LogP contribution is 2.20. The summed E-state index contributed by atoms with van der Waals surface area (Å²) in [5.74, 6) is 5.17. The second kappa shape index (κ2) is 6.16. The molecule has 0 aliphatic rings. The van der Waals surface area contributed by atoms with E-state index in [9.17, 15) is 4.79 Å². The van der Waals surface area contributed by atoms with Gasteiger partial charge in [-0.3, -0.25) is 4.79 Å². The average molecular weight is 238 g/mol. The molecule has 0 heterocycles. The number of aliphatic hydroxyl groups excluding tert-OH is 1. The van der Waals surface area contributed by atoms with E-state index in [2.05, 4.69) is 17.2 Å². The first-order chi connectivity index (χ1) is 7.67. The van der Waals surface area contributed by atoms with E-state index in [4.69, 9.17) is 16.7 Å². The number of anilines is 1. The van der Waals surface area contributed by atoms with Crippen molar-refractivity contribution in [3.8, 4) is 11.8 Å². The van der Waals surface area contributed by atoms with E-state index in [1.54, 1.807) is 25.1 Å². The van der Waals surface area contributed by atoms with Gasteiger partial charge in [-0.05, 0) is 18.2 Å². The summed E-state index contributed by atoms with van der Waals surface area (Å²) in [6, 6.07) is 5.03. The number of rotatable bonds is 2. The van der Waals surface area contributed by atoms with Gasteiger partial charge in [0.2, 0.25) is 5.91 Å². The van der Waals surface area contributed by atoms with Crippen molar-refractivity contribution in [2.75, 3.05) is 11.9 Å². The van der Waals surface area contributed by atoms with Crippen LogP contribution in [0.1, 0.15) is 18.9 Å². The fourth-order valence-electron chi connectivity index (χ4n) is 1.10. The van der Waals surface area contributed by atoms with Gasteiger partial charge >= 0.3 is 0 Å². The molecule has 0 saturated carbocycles. The van der Waals surface area contributed by atoms with Crippen molar-refractivity contribution in [1.29, 1.82) is 0 Å². The first-order valence-corrected chi connectivity index (χ1v) is 5.24. The number of carbonyl (C=O) groups is 1. The molecule has 0 fully saturated rings. The van der Waals surface area contributed by atoms with Crippen LogP contribution in [0.2, 0.25) is 5.02 Å². The van der Waals surface area contributed by atoms with Gasteiger partial charge in [-0.1, -0.05) is 30.4 Å². The van der Waals surface area contributed by atoms with Crippen LogP contribution in [0.5, 0.6) is 0 Å². The van der Waals surface area contributed by atoms with Crippen LogP contribution in [0.15, 0.2) is 18.2 Å². The number of carbonyl (C=O) groups excluding carboxylic acids is 1. The molecule has 0 unspecified atom stereocenters. The second-order valence-corrected chi connectivity index (χ2v) is 3.49. The third kappa shape index (κ3) is 3.58. The predicted octanol–water partition coefficient (Wildman–Crippen LogP) is 2.03. The largest absolute Gasteiger partial charge is 0.384 e. The molecule has 0 atom stereocenters. The minimum atomic E-state index is -0.218. The number of aliphatic hydroxyl groups is 1. The Labute approximate surface area is 99.4 Å². The minimum Gasteiger partial charge on any atom is -0.384 e. The molecule has 1 rings (SSSR count). The van der Waals surface area contributed by atoms with Crippen molar-refractivity contribution in [1.82, 2.24) is 0 Å². The topological polar surface area (TPSA) is 49.3 Å². The summed E-state index contributed by atoms with van der Waals surface area (Å²) in [4.78, 5) is 11.3. The Kier molecular flexibility index (Phi) is 4.84. The van der Waals surface area contributed by atoms with Gasteiger partial charge < -0.3 is 10.4 Å². The summed E-state index contributed by atoms with van der Waals surface area (Å²) in [6.07, 6.45) is 0.388. The lowest BCUT2D eigenvalue weighted by Gasteiger charge is -2.06. The van der Waals surface area contributed by atoms with Gasteiger partial charge in [0.25, 0.3) is 0 Å². The quantitative estimate of drug-likeness (QED) is 0.774. The monoisotopic (exact) mass is 237 g/mol. The predicted molar refractivity (Wildman–Crippen MR) is 64.3 cm³/mol. The Morgan fingerprint density at radius 3 is 2.94 bits per heavy atom. The molecule has 4 heteroatoms. The number of hydrogen-bond donors (Lipinski definition) is 2. The van der Waals surface area contributed by atoms with Gasteiger partial charge in [0, 0.05) is 17.0 Å². The molecule has 1 aromatic rings. The van der Waals surface area contributed by atoms with E-state index in [0.717, 1.165) is 0 Å². The Morgan fingerprint density at radius 1 is 1.56 bits per heavy atom. The van der Waals surface area contributed by atoms with Crippen LogP contribution in [0.25, 0.3) is 0 Å². The van der Waals surface area contributed by atoms with E-state index in [-0.39, 0.29) is 12.5 Å². The van der Waals surface area contributed by atoms with Crippen LogP contribution in [0.3, 0.4) is 0 Å². The van der Waals surface area contributed by atoms with Gasteiger partial charge in [-0.25, -0.2) is 0 Å². The maximum absolute atomic E-state index is 11.3. The third-order valence-electron chi connectivity index (χ3n) is 1.88. The normalized spacial score (nSPS) is 9.19. The molecule has 0 radical (unpaired) electrons. The number of nitrogens with one attached hydrogen (secondary N) is 1. The summed E-state index contributed by atoms with van der Waals surface area (Å²) in [5.41, 5.74) is 1.21. The van der Waals surface area contributed by atoms with Crippen molar-refractivity contribution in [2.45, 2.75) is 13.3 Å². The molecule has 0 aliphatic heterocycles. The SMILES string of the molecule is CCC(=O)Nc1cc(Cl)ccc1C#CCO. The lowest BCUT2D eigenvalue weighted by molar-refractivity contribution is -0.115. The lowest BCUT2D eigenvalue weighted by Crippen LogP contribution is -2.10. The zero-order valence-corrected chi connectivity index (χ0v) is 9.64. The zero-order valence-electron chi connectivity index (χ0n) is 8.88. The van der Waals surface area contributed by atoms with Crippen LogP contribution in [0, 0.1) is 11.8 Å². The van der Waals surface area contributed by atoms with Gasteiger partial charge in [0.15, 0.2) is 0 Å². The maximum atomic E-state index is 11.3. The van der Waals surface area contributed by atoms with E-state index in [1.165, 1.54) is 0 Å². The Balaban J connectivity index is 3.03. The third-order valence-corrected chi connectivity index (χ3v) is 2.11. The Hall–Kier alpha value is -1.50. The Bertz CT molecular complexity index is 446. The number of amides is 1. The van der Waals surface area contributed by atoms with Crippen LogP contribution >= 0.6 is 11.6 Å². The number of hydrogen-bond acceptors (Lipinski definition) is 2. The molecule has 0 spiro atoms. The van der Waals surface area contributed by atoms with E-state index >= 15 is 0 Å². The second-order valence-electron chi connectivity index (χ2n) is 3.05. The van der Waals surface area contributed by atoms with Crippen molar-refractivity contribution in [3.05, 3.63) is 28.8 Å². The van der Waals surface area contributed by atoms with Crippen LogP contribution < -0.4 is 5.32 Å². The lowest BCUT2D eigenvalue weighted by atomic mass is 10.1. The van der Waals surface area contributed by atoms with Gasteiger partial charge in [-0.2, -0.15) is 0 Å². The van der Waals surface area contributed by atoms with Gasteiger partial charge in [-0.15, -0.1) is 0 Å². The summed E-state index contributed by atoms with van der Waals surface area (Å²) >= 11 is 5.83. The molecule has 84 valence electrons. The molecule has 0 aromatic heterocycles. The van der Waals surface area contributed by atoms with Crippen molar-refractivity contribution < 1.29 is 9.90 Å². The summed E-state index contributed by atoms with van der Waals surface area (Å²) in [7, 11) is 0. The highest BCUT2D eigenvalue weighted by Gasteiger charge is 2.04. The average Bonchev–Trinajstić information content (AvgIpc) is 2.28. The first-order valence-electron chi connectivity index (χ1n) is 4.86. The molecular formula is C12H12ClNO2. The fraction of sp³-hybridized carbons (Fsp3) is 0.250. The van der Waals surface area contributed by atoms with E-state index in [1.807, 2.05) is 0 Å². The van der Waals surface area contributed by atoms with Crippen molar-refractivity contribution in [3.63, 3.8) is 0 Å². The van der Waals surface area contributed by atoms with Crippen LogP contribution in [0.4, 0.5) is 5.69 Å². The summed E-state index contributed by atoms with van der Waals surface area (Å²) in [6.45, 7) is 1.54. The van der Waals surface area contributed by atoms with E-state index < -0.39 is 0 Å². The first kappa shape index (κ1) is 12.6. The molecule has 1 amide bonds. The highest BCUT2D eigenvalue weighted by atomic mass is 35.5. The summed E-state index contributed by atoms with van der Waals surface area (Å²) < 4.78 is 0. The number of benzene rings is 1. The molecular weight excluding hydrogens is 226 g/mol. The smallest absolute Gasteiger partial charge is 0.224 e. The summed E-state index contributed by atoms with van der Waals surface area (Å²) in [5, 5.41) is 11.8. The van der Waals surface area contributed by atoms with Crippen molar-refractivity contribution >= 4 is 23.2 Å².